The molecular formula is C31H35NO2. The van der Waals surface area contributed by atoms with Gasteiger partial charge < -0.3 is 9.47 Å². The molecule has 3 heteroatoms. The van der Waals surface area contributed by atoms with Crippen LogP contribution in [0.2, 0.25) is 0 Å². The highest BCUT2D eigenvalue weighted by molar-refractivity contribution is 5.96. The van der Waals surface area contributed by atoms with E-state index in [-0.39, 0.29) is 6.10 Å². The molecular weight excluding hydrogens is 418 g/mol. The minimum absolute atomic E-state index is 0.157. The second-order valence-corrected chi connectivity index (χ2v) is 9.97. The van der Waals surface area contributed by atoms with E-state index >= 15 is 0 Å². The van der Waals surface area contributed by atoms with E-state index in [1.165, 1.54) is 47.3 Å². The van der Waals surface area contributed by atoms with Crippen LogP contribution in [0, 0.1) is 12.8 Å². The first-order valence-corrected chi connectivity index (χ1v) is 12.5. The summed E-state index contributed by atoms with van der Waals surface area (Å²) in [4.78, 5) is 2.54. The summed E-state index contributed by atoms with van der Waals surface area (Å²) < 4.78 is 12.8. The topological polar surface area (TPSA) is 21.7 Å². The number of allylic oxidation sites excluding steroid dienone is 1. The Morgan fingerprint density at radius 3 is 2.35 bits per heavy atom. The molecule has 0 saturated carbocycles. The normalized spacial score (nSPS) is 21.2. The molecule has 2 aliphatic rings. The summed E-state index contributed by atoms with van der Waals surface area (Å²) in [5.74, 6) is 2.65. The summed E-state index contributed by atoms with van der Waals surface area (Å²) in [6.45, 7) is 12.1. The predicted octanol–water partition coefficient (Wildman–Crippen LogP) is 7.17. The van der Waals surface area contributed by atoms with Crippen LogP contribution in [0.1, 0.15) is 55.5 Å². The van der Waals surface area contributed by atoms with Crippen molar-refractivity contribution in [2.75, 3.05) is 19.7 Å². The summed E-state index contributed by atoms with van der Waals surface area (Å²) in [6.07, 6.45) is 1.13. The minimum Gasteiger partial charge on any atom is -0.492 e. The molecule has 176 valence electrons. The molecule has 0 radical (unpaired) electrons. The van der Waals surface area contributed by atoms with E-state index < -0.39 is 0 Å². The summed E-state index contributed by atoms with van der Waals surface area (Å²) in [7, 11) is 0. The fraction of sp³-hybridized carbons (Fsp3) is 0.355. The third kappa shape index (κ3) is 4.50. The standard InChI is InChI=1S/C31H35NO2/c1-21-17-18-32(19-21)23(3)20-33-26-15-13-25(14-16-26)31-30(27-10-6-5-9-22(27)2)24(4)28-11-7-8-12-29(28)34-31/h5-16,21,23,31H,17-20H2,1-4H3/t21-,23+,31?/m1/s1. The van der Waals surface area contributed by atoms with E-state index in [1.54, 1.807) is 0 Å². The average Bonchev–Trinajstić information content (AvgIpc) is 3.30. The maximum absolute atomic E-state index is 6.62. The third-order valence-electron chi connectivity index (χ3n) is 7.39. The zero-order chi connectivity index (χ0) is 23.7. The molecule has 0 aliphatic carbocycles. The molecule has 1 fully saturated rings. The Balaban J connectivity index is 1.40. The molecule has 0 spiro atoms. The van der Waals surface area contributed by atoms with Crippen LogP contribution in [-0.4, -0.2) is 30.6 Å². The van der Waals surface area contributed by atoms with Crippen LogP contribution in [-0.2, 0) is 0 Å². The van der Waals surface area contributed by atoms with Crippen molar-refractivity contribution < 1.29 is 9.47 Å². The number of nitrogens with zero attached hydrogens (tertiary/aromatic N) is 1. The SMILES string of the molecule is CC1=C(c2ccccc2C)C(c2ccc(OC[C@H](C)N3CC[C@@H](C)C3)cc2)Oc2ccccc21. The number of fused-ring (bicyclic) bond motifs is 1. The van der Waals surface area contributed by atoms with Gasteiger partial charge in [0.2, 0.25) is 0 Å². The molecule has 34 heavy (non-hydrogen) atoms. The van der Waals surface area contributed by atoms with E-state index in [0.717, 1.165) is 23.0 Å². The number of aryl methyl sites for hydroxylation is 1. The van der Waals surface area contributed by atoms with Gasteiger partial charge >= 0.3 is 0 Å². The molecule has 1 saturated heterocycles. The molecule has 1 unspecified atom stereocenters. The monoisotopic (exact) mass is 453 g/mol. The Hall–Kier alpha value is -3.04. The first-order valence-electron chi connectivity index (χ1n) is 12.5. The molecule has 3 nitrogen and oxygen atoms in total. The van der Waals surface area contributed by atoms with E-state index in [4.69, 9.17) is 9.47 Å². The Bertz CT molecular complexity index is 1180. The van der Waals surface area contributed by atoms with Gasteiger partial charge in [-0.05, 0) is 80.1 Å². The van der Waals surface area contributed by atoms with Crippen LogP contribution < -0.4 is 9.47 Å². The summed E-state index contributed by atoms with van der Waals surface area (Å²) >= 11 is 0. The highest BCUT2D eigenvalue weighted by atomic mass is 16.5. The van der Waals surface area contributed by atoms with Crippen LogP contribution >= 0.6 is 0 Å². The molecule has 3 atom stereocenters. The van der Waals surface area contributed by atoms with Crippen molar-refractivity contribution in [2.24, 2.45) is 5.92 Å². The van der Waals surface area contributed by atoms with Gasteiger partial charge in [0.1, 0.15) is 24.2 Å². The number of ether oxygens (including phenoxy) is 2. The van der Waals surface area contributed by atoms with Crippen LogP contribution in [0.3, 0.4) is 0 Å². The fourth-order valence-corrected chi connectivity index (χ4v) is 5.29. The summed E-state index contributed by atoms with van der Waals surface area (Å²) in [6, 6.07) is 25.8. The van der Waals surface area contributed by atoms with Crippen LogP contribution in [0.4, 0.5) is 0 Å². The number of hydrogen-bond donors (Lipinski definition) is 0. The van der Waals surface area contributed by atoms with Crippen molar-refractivity contribution in [1.29, 1.82) is 0 Å². The van der Waals surface area contributed by atoms with E-state index in [2.05, 4.69) is 99.3 Å². The molecule has 2 aliphatic heterocycles. The number of benzene rings is 3. The van der Waals surface area contributed by atoms with Gasteiger partial charge in [0.15, 0.2) is 0 Å². The Labute approximate surface area is 204 Å². The average molecular weight is 454 g/mol. The molecule has 0 amide bonds. The van der Waals surface area contributed by atoms with Crippen molar-refractivity contribution >= 4 is 11.1 Å². The van der Waals surface area contributed by atoms with Crippen LogP contribution in [0.25, 0.3) is 11.1 Å². The van der Waals surface area contributed by atoms with Gasteiger partial charge in [0.25, 0.3) is 0 Å². The smallest absolute Gasteiger partial charge is 0.150 e. The third-order valence-corrected chi connectivity index (χ3v) is 7.39. The lowest BCUT2D eigenvalue weighted by Crippen LogP contribution is -2.35. The molecule has 3 aromatic carbocycles. The number of hydrogen-bond acceptors (Lipinski definition) is 3. The maximum atomic E-state index is 6.62. The van der Waals surface area contributed by atoms with E-state index in [9.17, 15) is 0 Å². The highest BCUT2D eigenvalue weighted by Gasteiger charge is 2.30. The van der Waals surface area contributed by atoms with Crippen LogP contribution in [0.5, 0.6) is 11.5 Å². The van der Waals surface area contributed by atoms with Gasteiger partial charge in [-0.15, -0.1) is 0 Å². The molecule has 3 aromatic rings. The van der Waals surface area contributed by atoms with Crippen molar-refractivity contribution in [3.8, 4) is 11.5 Å². The Morgan fingerprint density at radius 2 is 1.65 bits per heavy atom. The zero-order valence-corrected chi connectivity index (χ0v) is 20.8. The molecule has 2 heterocycles. The van der Waals surface area contributed by atoms with Crippen molar-refractivity contribution in [3.63, 3.8) is 0 Å². The van der Waals surface area contributed by atoms with Gasteiger partial charge in [0, 0.05) is 23.7 Å². The predicted molar refractivity (Wildman–Crippen MR) is 140 cm³/mol. The zero-order valence-electron chi connectivity index (χ0n) is 20.8. The maximum Gasteiger partial charge on any atom is 0.150 e. The van der Waals surface area contributed by atoms with Gasteiger partial charge in [-0.25, -0.2) is 0 Å². The summed E-state index contributed by atoms with van der Waals surface area (Å²) in [5.41, 5.74) is 7.32. The molecule has 5 rings (SSSR count). The van der Waals surface area contributed by atoms with Crippen molar-refractivity contribution in [2.45, 2.75) is 46.3 Å². The van der Waals surface area contributed by atoms with E-state index in [1.807, 2.05) is 6.07 Å². The van der Waals surface area contributed by atoms with Gasteiger partial charge in [0.05, 0.1) is 0 Å². The van der Waals surface area contributed by atoms with E-state index in [0.29, 0.717) is 12.6 Å². The first-order chi connectivity index (χ1) is 16.5. The minimum atomic E-state index is -0.157. The number of rotatable bonds is 6. The lowest BCUT2D eigenvalue weighted by Gasteiger charge is -2.31. The number of para-hydroxylation sites is 1. The number of likely N-dealkylation sites (tertiary alicyclic amines) is 1. The quantitative estimate of drug-likeness (QED) is 0.395. The summed E-state index contributed by atoms with van der Waals surface area (Å²) in [5, 5.41) is 0. The Morgan fingerprint density at radius 1 is 0.941 bits per heavy atom. The van der Waals surface area contributed by atoms with Crippen molar-refractivity contribution in [3.05, 3.63) is 95.1 Å². The Kier molecular flexibility index (Phi) is 6.47. The van der Waals surface area contributed by atoms with Gasteiger partial charge in [-0.2, -0.15) is 0 Å². The molecule has 0 aromatic heterocycles. The van der Waals surface area contributed by atoms with Gasteiger partial charge in [-0.3, -0.25) is 4.90 Å². The lowest BCUT2D eigenvalue weighted by molar-refractivity contribution is 0.169. The first kappa shape index (κ1) is 22.7. The van der Waals surface area contributed by atoms with Gasteiger partial charge in [-0.1, -0.05) is 61.5 Å². The second-order valence-electron chi connectivity index (χ2n) is 9.97. The highest BCUT2D eigenvalue weighted by Crippen LogP contribution is 2.47. The lowest BCUT2D eigenvalue weighted by atomic mass is 9.84. The fourth-order valence-electron chi connectivity index (χ4n) is 5.29. The van der Waals surface area contributed by atoms with Crippen molar-refractivity contribution in [1.82, 2.24) is 4.90 Å². The largest absolute Gasteiger partial charge is 0.492 e. The van der Waals surface area contributed by atoms with Crippen LogP contribution in [0.15, 0.2) is 72.8 Å². The second kappa shape index (κ2) is 9.68. The molecule has 0 bridgehead atoms. The molecule has 0 N–H and O–H groups in total.